The number of hydrogen-bond donors (Lipinski definition) is 0. The first-order valence-corrected chi connectivity index (χ1v) is 7.47. The molecule has 6 nitrogen and oxygen atoms in total. The fourth-order valence-corrected chi connectivity index (χ4v) is 2.79. The van der Waals surface area contributed by atoms with Gasteiger partial charge < -0.3 is 4.74 Å². The Morgan fingerprint density at radius 2 is 2.23 bits per heavy atom. The molecule has 0 aliphatic carbocycles. The van der Waals surface area contributed by atoms with Crippen LogP contribution in [-0.2, 0) is 10.5 Å². The van der Waals surface area contributed by atoms with Gasteiger partial charge in [-0.2, -0.15) is 0 Å². The van der Waals surface area contributed by atoms with Crippen LogP contribution in [0.25, 0.3) is 0 Å². The predicted octanol–water partition coefficient (Wildman–Crippen LogP) is 3.72. The Balaban J connectivity index is 2.23. The van der Waals surface area contributed by atoms with Gasteiger partial charge >= 0.3 is 11.7 Å². The zero-order chi connectivity index (χ0) is 16.1. The number of benzene rings is 1. The lowest BCUT2D eigenvalue weighted by Gasteiger charge is -2.05. The monoisotopic (exact) mass is 338 g/mol. The minimum absolute atomic E-state index is 0.0429. The van der Waals surface area contributed by atoms with Gasteiger partial charge in [-0.15, -0.1) is 0 Å². The standard InChI is InChI=1S/C14H11ClN2O4S/c1-21-14(18)10-6-12(17(19)20)13(16-7-10)22-8-9-3-2-4-11(15)5-9/h2-7H,8H2,1H3. The van der Waals surface area contributed by atoms with Crippen molar-refractivity contribution in [3.8, 4) is 0 Å². The molecule has 22 heavy (non-hydrogen) atoms. The van der Waals surface area contributed by atoms with Gasteiger partial charge in [-0.25, -0.2) is 9.78 Å². The SMILES string of the molecule is COC(=O)c1cnc(SCc2cccc(Cl)c2)c([N+](=O)[O-])c1. The van der Waals surface area contributed by atoms with Crippen LogP contribution >= 0.6 is 23.4 Å². The molecule has 0 aliphatic heterocycles. The van der Waals surface area contributed by atoms with E-state index in [-0.39, 0.29) is 16.3 Å². The number of carbonyl (C=O) groups excluding carboxylic acids is 1. The molecule has 8 heteroatoms. The van der Waals surface area contributed by atoms with Gasteiger partial charge in [-0.05, 0) is 17.7 Å². The van der Waals surface area contributed by atoms with E-state index in [0.717, 1.165) is 5.56 Å². The molecule has 0 saturated heterocycles. The Kier molecular flexibility index (Phi) is 5.35. The summed E-state index contributed by atoms with van der Waals surface area (Å²) in [6.07, 6.45) is 1.26. The third kappa shape index (κ3) is 3.96. The molecule has 114 valence electrons. The highest BCUT2D eigenvalue weighted by atomic mass is 35.5. The number of carbonyl (C=O) groups is 1. The number of halogens is 1. The molecule has 0 spiro atoms. The zero-order valence-electron chi connectivity index (χ0n) is 11.5. The largest absolute Gasteiger partial charge is 0.465 e. The number of methoxy groups -OCH3 is 1. The summed E-state index contributed by atoms with van der Waals surface area (Å²) < 4.78 is 4.53. The molecule has 2 aromatic rings. The van der Waals surface area contributed by atoms with Crippen molar-refractivity contribution in [3.63, 3.8) is 0 Å². The van der Waals surface area contributed by atoms with Crippen molar-refractivity contribution in [3.05, 3.63) is 62.8 Å². The number of pyridine rings is 1. The number of nitro groups is 1. The van der Waals surface area contributed by atoms with Crippen molar-refractivity contribution < 1.29 is 14.5 Å². The molecule has 0 saturated carbocycles. The summed E-state index contributed by atoms with van der Waals surface area (Å²) in [6.45, 7) is 0. The second-order valence-corrected chi connectivity index (χ2v) is 5.62. The molecule has 0 amide bonds. The second-order valence-electron chi connectivity index (χ2n) is 4.22. The van der Waals surface area contributed by atoms with Gasteiger partial charge in [0.25, 0.3) is 0 Å². The van der Waals surface area contributed by atoms with E-state index in [9.17, 15) is 14.9 Å². The van der Waals surface area contributed by atoms with Crippen LogP contribution in [0.2, 0.25) is 5.02 Å². The molecule has 1 aromatic carbocycles. The molecule has 0 radical (unpaired) electrons. The van der Waals surface area contributed by atoms with Crippen molar-refractivity contribution in [2.24, 2.45) is 0 Å². The number of nitrogens with zero attached hydrogens (tertiary/aromatic N) is 2. The quantitative estimate of drug-likeness (QED) is 0.357. The van der Waals surface area contributed by atoms with Crippen molar-refractivity contribution in [1.29, 1.82) is 0 Å². The first-order valence-electron chi connectivity index (χ1n) is 6.11. The van der Waals surface area contributed by atoms with Crippen LogP contribution in [0, 0.1) is 10.1 Å². The van der Waals surface area contributed by atoms with E-state index in [1.807, 2.05) is 6.07 Å². The van der Waals surface area contributed by atoms with Gasteiger partial charge in [0, 0.05) is 23.0 Å². The van der Waals surface area contributed by atoms with Gasteiger partial charge in [0.05, 0.1) is 17.6 Å². The number of ether oxygens (including phenoxy) is 1. The third-order valence-corrected chi connectivity index (χ3v) is 4.02. The second kappa shape index (κ2) is 7.24. The predicted molar refractivity (Wildman–Crippen MR) is 83.2 cm³/mol. The lowest BCUT2D eigenvalue weighted by atomic mass is 10.2. The van der Waals surface area contributed by atoms with Crippen LogP contribution in [0.15, 0.2) is 41.6 Å². The summed E-state index contributed by atoms with van der Waals surface area (Å²) in [5, 5.41) is 12.0. The van der Waals surface area contributed by atoms with E-state index < -0.39 is 10.9 Å². The number of rotatable bonds is 5. The first-order chi connectivity index (χ1) is 10.5. The molecule has 0 unspecified atom stereocenters. The number of aromatic nitrogens is 1. The van der Waals surface area contributed by atoms with Crippen LogP contribution in [0.5, 0.6) is 0 Å². The van der Waals surface area contributed by atoms with Crippen LogP contribution < -0.4 is 0 Å². The Bertz CT molecular complexity index is 724. The molecule has 1 heterocycles. The van der Waals surface area contributed by atoms with Gasteiger partial charge in [0.1, 0.15) is 0 Å². The molecule has 0 aliphatic rings. The Morgan fingerprint density at radius 1 is 1.45 bits per heavy atom. The highest BCUT2D eigenvalue weighted by Gasteiger charge is 2.19. The van der Waals surface area contributed by atoms with Crippen LogP contribution in [0.3, 0.4) is 0 Å². The van der Waals surface area contributed by atoms with Crippen molar-refractivity contribution >= 4 is 35.0 Å². The molecule has 0 fully saturated rings. The van der Waals surface area contributed by atoms with Gasteiger partial charge in [-0.1, -0.05) is 35.5 Å². The summed E-state index contributed by atoms with van der Waals surface area (Å²) in [6, 6.07) is 8.37. The fraction of sp³-hybridized carbons (Fsp3) is 0.143. The maximum Gasteiger partial charge on any atom is 0.339 e. The number of esters is 1. The van der Waals surface area contributed by atoms with Crippen LogP contribution in [0.1, 0.15) is 15.9 Å². The lowest BCUT2D eigenvalue weighted by molar-refractivity contribution is -0.388. The zero-order valence-corrected chi connectivity index (χ0v) is 13.1. The minimum atomic E-state index is -0.665. The summed E-state index contributed by atoms with van der Waals surface area (Å²) in [7, 11) is 1.20. The normalized spacial score (nSPS) is 10.3. The van der Waals surface area contributed by atoms with Gasteiger partial charge in [-0.3, -0.25) is 10.1 Å². The Morgan fingerprint density at radius 3 is 2.86 bits per heavy atom. The molecular weight excluding hydrogens is 328 g/mol. The maximum atomic E-state index is 11.4. The third-order valence-electron chi connectivity index (χ3n) is 2.71. The first kappa shape index (κ1) is 16.3. The van der Waals surface area contributed by atoms with Crippen molar-refractivity contribution in [1.82, 2.24) is 4.98 Å². The van der Waals surface area contributed by atoms with Crippen molar-refractivity contribution in [2.45, 2.75) is 10.8 Å². The van der Waals surface area contributed by atoms with E-state index in [0.29, 0.717) is 10.8 Å². The molecule has 1 aromatic heterocycles. The van der Waals surface area contributed by atoms with E-state index >= 15 is 0 Å². The average Bonchev–Trinajstić information content (AvgIpc) is 2.52. The number of thioether (sulfide) groups is 1. The molecular formula is C14H11ClN2O4S. The average molecular weight is 339 g/mol. The van der Waals surface area contributed by atoms with Gasteiger partial charge in [0.15, 0.2) is 5.03 Å². The Hall–Kier alpha value is -2.12. The Labute approximate surface area is 135 Å². The topological polar surface area (TPSA) is 82.3 Å². The summed E-state index contributed by atoms with van der Waals surface area (Å²) in [4.78, 5) is 26.0. The smallest absolute Gasteiger partial charge is 0.339 e. The summed E-state index contributed by atoms with van der Waals surface area (Å²) in [5.74, 6) is -0.187. The van der Waals surface area contributed by atoms with E-state index in [1.165, 1.54) is 31.1 Å². The summed E-state index contributed by atoms with van der Waals surface area (Å²) in [5.41, 5.74) is 0.738. The van der Waals surface area contributed by atoms with E-state index in [1.54, 1.807) is 18.2 Å². The van der Waals surface area contributed by atoms with E-state index in [4.69, 9.17) is 11.6 Å². The fourth-order valence-electron chi connectivity index (χ4n) is 1.69. The molecule has 0 N–H and O–H groups in total. The van der Waals surface area contributed by atoms with Crippen LogP contribution in [0.4, 0.5) is 5.69 Å². The highest BCUT2D eigenvalue weighted by molar-refractivity contribution is 7.98. The van der Waals surface area contributed by atoms with Gasteiger partial charge in [0.2, 0.25) is 0 Å². The maximum absolute atomic E-state index is 11.4. The van der Waals surface area contributed by atoms with Crippen LogP contribution in [-0.4, -0.2) is 23.0 Å². The summed E-state index contributed by atoms with van der Waals surface area (Å²) >= 11 is 7.10. The van der Waals surface area contributed by atoms with E-state index in [2.05, 4.69) is 9.72 Å². The molecule has 0 atom stereocenters. The van der Waals surface area contributed by atoms with Crippen molar-refractivity contribution in [2.75, 3.05) is 7.11 Å². The number of hydrogen-bond acceptors (Lipinski definition) is 6. The lowest BCUT2D eigenvalue weighted by Crippen LogP contribution is -2.04. The molecule has 2 rings (SSSR count). The molecule has 0 bridgehead atoms. The highest BCUT2D eigenvalue weighted by Crippen LogP contribution is 2.30. The minimum Gasteiger partial charge on any atom is -0.465 e.